The average molecular weight is 522 g/mol. The lowest BCUT2D eigenvalue weighted by Gasteiger charge is -2.43. The molecule has 30 heavy (non-hydrogen) atoms. The van der Waals surface area contributed by atoms with Gasteiger partial charge in [0.05, 0.1) is 0 Å². The number of benzene rings is 1. The Bertz CT molecular complexity index is 812. The lowest BCUT2D eigenvalue weighted by molar-refractivity contribution is 0.244. The molecule has 0 atom stereocenters. The first kappa shape index (κ1) is 23.0. The van der Waals surface area contributed by atoms with Crippen LogP contribution in [0.1, 0.15) is 62.2 Å². The van der Waals surface area contributed by atoms with Crippen LogP contribution in [0.2, 0.25) is 0 Å². The van der Waals surface area contributed by atoms with Crippen molar-refractivity contribution in [2.45, 2.75) is 69.7 Å². The summed E-state index contributed by atoms with van der Waals surface area (Å²) in [6.07, 6.45) is 10.7. The van der Waals surface area contributed by atoms with Crippen molar-refractivity contribution in [1.82, 2.24) is 25.4 Å². The Labute approximate surface area is 197 Å². The zero-order valence-corrected chi connectivity index (χ0v) is 20.4. The van der Waals surface area contributed by atoms with Gasteiger partial charge in [0.15, 0.2) is 5.96 Å². The second kappa shape index (κ2) is 11.1. The molecule has 2 heterocycles. The molecule has 2 N–H and O–H groups in total. The Morgan fingerprint density at radius 2 is 1.90 bits per heavy atom. The largest absolute Gasteiger partial charge is 0.356 e. The predicted molar refractivity (Wildman–Crippen MR) is 133 cm³/mol. The number of aliphatic imine (C=N–C) groups is 1. The molecule has 164 valence electrons. The van der Waals surface area contributed by atoms with E-state index in [4.69, 9.17) is 0 Å². The van der Waals surface area contributed by atoms with Crippen LogP contribution in [0.15, 0.2) is 35.3 Å². The van der Waals surface area contributed by atoms with E-state index in [0.29, 0.717) is 0 Å². The number of nitrogens with one attached hydrogen (secondary N) is 2. The molecule has 0 bridgehead atoms. The number of aryl methyl sites for hydroxylation is 2. The molecule has 0 amide bonds. The molecule has 1 aromatic heterocycles. The summed E-state index contributed by atoms with van der Waals surface area (Å²) in [6.45, 7) is 2.91. The van der Waals surface area contributed by atoms with Gasteiger partial charge in [-0.1, -0.05) is 43.2 Å². The van der Waals surface area contributed by atoms with Crippen LogP contribution in [0.4, 0.5) is 0 Å². The van der Waals surface area contributed by atoms with Crippen LogP contribution in [0.25, 0.3) is 0 Å². The highest BCUT2D eigenvalue weighted by Gasteiger charge is 2.38. The fourth-order valence-electron chi connectivity index (χ4n) is 4.62. The zero-order chi connectivity index (χ0) is 19.9. The second-order valence-electron chi connectivity index (χ2n) is 8.45. The number of guanidine groups is 1. The lowest BCUT2D eigenvalue weighted by atomic mass is 9.64. The van der Waals surface area contributed by atoms with Crippen molar-refractivity contribution in [1.29, 1.82) is 0 Å². The molecule has 1 saturated carbocycles. The van der Waals surface area contributed by atoms with E-state index in [-0.39, 0.29) is 29.4 Å². The smallest absolute Gasteiger partial charge is 0.191 e. The number of fused-ring (bicyclic) bond motifs is 1. The maximum atomic E-state index is 4.44. The van der Waals surface area contributed by atoms with E-state index < -0.39 is 0 Å². The molecule has 4 rings (SSSR count). The molecule has 0 saturated heterocycles. The summed E-state index contributed by atoms with van der Waals surface area (Å²) in [7, 11) is 1.85. The van der Waals surface area contributed by atoms with E-state index in [0.717, 1.165) is 50.7 Å². The Morgan fingerprint density at radius 1 is 1.07 bits per heavy atom. The second-order valence-corrected chi connectivity index (χ2v) is 8.45. The first-order valence-corrected chi connectivity index (χ1v) is 11.2. The maximum Gasteiger partial charge on any atom is 0.191 e. The summed E-state index contributed by atoms with van der Waals surface area (Å²) in [6, 6.07) is 10.9. The number of halogens is 1. The number of rotatable bonds is 7. The van der Waals surface area contributed by atoms with Crippen molar-refractivity contribution in [3.05, 3.63) is 47.5 Å². The fraction of sp³-hybridized carbons (Fsp3) is 0.609. The van der Waals surface area contributed by atoms with Crippen LogP contribution in [-0.4, -0.2) is 40.9 Å². The molecular formula is C23H35IN6. The van der Waals surface area contributed by atoms with Gasteiger partial charge < -0.3 is 15.2 Å². The van der Waals surface area contributed by atoms with Crippen molar-refractivity contribution >= 4 is 29.9 Å². The molecular weight excluding hydrogens is 487 g/mol. The highest BCUT2D eigenvalue weighted by molar-refractivity contribution is 14.0. The van der Waals surface area contributed by atoms with Crippen LogP contribution >= 0.6 is 24.0 Å². The summed E-state index contributed by atoms with van der Waals surface area (Å²) in [5, 5.41) is 15.9. The molecule has 6 nitrogen and oxygen atoms in total. The van der Waals surface area contributed by atoms with Gasteiger partial charge in [0.1, 0.15) is 11.6 Å². The minimum Gasteiger partial charge on any atom is -0.356 e. The molecule has 0 spiro atoms. The van der Waals surface area contributed by atoms with Gasteiger partial charge in [-0.15, -0.1) is 34.2 Å². The van der Waals surface area contributed by atoms with Gasteiger partial charge in [0, 0.05) is 44.9 Å². The van der Waals surface area contributed by atoms with E-state index in [1.165, 1.54) is 49.9 Å². The van der Waals surface area contributed by atoms with Gasteiger partial charge in [-0.05, 0) is 37.7 Å². The summed E-state index contributed by atoms with van der Waals surface area (Å²) in [5.41, 5.74) is 1.71. The highest BCUT2D eigenvalue weighted by atomic mass is 127. The van der Waals surface area contributed by atoms with Crippen LogP contribution in [-0.2, 0) is 24.8 Å². The van der Waals surface area contributed by atoms with Crippen LogP contribution < -0.4 is 10.6 Å². The predicted octanol–water partition coefficient (Wildman–Crippen LogP) is 3.84. The molecule has 1 fully saturated rings. The third kappa shape index (κ3) is 5.34. The van der Waals surface area contributed by atoms with Crippen LogP contribution in [0, 0.1) is 0 Å². The van der Waals surface area contributed by atoms with Crippen molar-refractivity contribution < 1.29 is 0 Å². The SMILES string of the molecule is CN=C(NCCCc1nnc2n1CCCCC2)NCC1(c2ccccc2)CCC1.I. The molecule has 1 aromatic carbocycles. The number of aromatic nitrogens is 3. The van der Waals surface area contributed by atoms with Crippen molar-refractivity contribution in [2.24, 2.45) is 4.99 Å². The summed E-state index contributed by atoms with van der Waals surface area (Å²) < 4.78 is 2.35. The zero-order valence-electron chi connectivity index (χ0n) is 18.1. The van der Waals surface area contributed by atoms with E-state index in [2.05, 4.69) is 60.7 Å². The van der Waals surface area contributed by atoms with Gasteiger partial charge in [-0.25, -0.2) is 0 Å². The normalized spacial score (nSPS) is 17.8. The number of hydrogen-bond acceptors (Lipinski definition) is 3. The van der Waals surface area contributed by atoms with E-state index in [1.54, 1.807) is 0 Å². The van der Waals surface area contributed by atoms with Crippen LogP contribution in [0.3, 0.4) is 0 Å². The minimum absolute atomic E-state index is 0. The average Bonchev–Trinajstić information content (AvgIpc) is 2.95. The van der Waals surface area contributed by atoms with Crippen molar-refractivity contribution in [3.63, 3.8) is 0 Å². The molecule has 7 heteroatoms. The molecule has 1 aliphatic heterocycles. The molecule has 2 aliphatic rings. The van der Waals surface area contributed by atoms with Crippen molar-refractivity contribution in [3.8, 4) is 0 Å². The number of hydrogen-bond donors (Lipinski definition) is 2. The molecule has 0 radical (unpaired) electrons. The first-order chi connectivity index (χ1) is 14.3. The van der Waals surface area contributed by atoms with Crippen molar-refractivity contribution in [2.75, 3.05) is 20.1 Å². The summed E-state index contributed by atoms with van der Waals surface area (Å²) in [4.78, 5) is 4.42. The van der Waals surface area contributed by atoms with Gasteiger partial charge in [-0.2, -0.15) is 0 Å². The van der Waals surface area contributed by atoms with E-state index in [1.807, 2.05) is 7.05 Å². The Hall–Kier alpha value is -1.64. The maximum absolute atomic E-state index is 4.44. The van der Waals surface area contributed by atoms with Crippen LogP contribution in [0.5, 0.6) is 0 Å². The first-order valence-electron chi connectivity index (χ1n) is 11.2. The Kier molecular flexibility index (Phi) is 8.53. The monoisotopic (exact) mass is 522 g/mol. The lowest BCUT2D eigenvalue weighted by Crippen LogP contribution is -2.49. The molecule has 2 aromatic rings. The highest BCUT2D eigenvalue weighted by Crippen LogP contribution is 2.43. The minimum atomic E-state index is 0. The fourth-order valence-corrected chi connectivity index (χ4v) is 4.62. The Morgan fingerprint density at radius 3 is 2.63 bits per heavy atom. The summed E-state index contributed by atoms with van der Waals surface area (Å²) in [5.74, 6) is 3.21. The molecule has 0 unspecified atom stereocenters. The standard InChI is InChI=1S/C23H34N6.HI/c1-24-22(26-18-23(14-9-15-23)19-10-4-2-5-11-19)25-16-8-13-21-28-27-20-12-6-3-7-17-29(20)21;/h2,4-5,10-11H,3,6-9,12-18H2,1H3,(H2,24,25,26);1H. The molecule has 1 aliphatic carbocycles. The third-order valence-corrected chi connectivity index (χ3v) is 6.57. The number of nitrogens with zero attached hydrogens (tertiary/aromatic N) is 4. The summed E-state index contributed by atoms with van der Waals surface area (Å²) >= 11 is 0. The van der Waals surface area contributed by atoms with Gasteiger partial charge >= 0.3 is 0 Å². The Balaban J connectivity index is 0.00000256. The van der Waals surface area contributed by atoms with E-state index in [9.17, 15) is 0 Å². The van der Waals surface area contributed by atoms with Gasteiger partial charge in [0.2, 0.25) is 0 Å². The third-order valence-electron chi connectivity index (χ3n) is 6.57. The quantitative estimate of drug-likeness (QED) is 0.251. The van der Waals surface area contributed by atoms with Gasteiger partial charge in [0.25, 0.3) is 0 Å². The topological polar surface area (TPSA) is 67.1 Å². The van der Waals surface area contributed by atoms with E-state index >= 15 is 0 Å². The van der Waals surface area contributed by atoms with Gasteiger partial charge in [-0.3, -0.25) is 4.99 Å².